The van der Waals surface area contributed by atoms with Crippen LogP contribution in [0.15, 0.2) is 59.5 Å². The zero-order valence-corrected chi connectivity index (χ0v) is 12.3. The van der Waals surface area contributed by atoms with E-state index in [1.165, 1.54) is 16.4 Å². The van der Waals surface area contributed by atoms with Crippen molar-refractivity contribution < 1.29 is 12.8 Å². The van der Waals surface area contributed by atoms with E-state index in [0.29, 0.717) is 12.1 Å². The van der Waals surface area contributed by atoms with Gasteiger partial charge < -0.3 is 0 Å². The highest BCUT2D eigenvalue weighted by molar-refractivity contribution is 7.89. The van der Waals surface area contributed by atoms with E-state index in [9.17, 15) is 12.8 Å². The molecule has 3 nitrogen and oxygen atoms in total. The standard InChI is InChI=1S/C16H16FNO2S/c17-14-7-4-6-13(12-14)16-10-5-11-18(16)21(19,20)15-8-2-1-3-9-15/h1-4,6-9,12,16H,5,10-11H2/t16-/m1/s1. The maximum atomic E-state index is 13.4. The predicted octanol–water partition coefficient (Wildman–Crippen LogP) is 3.35. The minimum atomic E-state index is -3.54. The van der Waals surface area contributed by atoms with E-state index >= 15 is 0 Å². The highest BCUT2D eigenvalue weighted by atomic mass is 32.2. The molecule has 0 N–H and O–H groups in total. The SMILES string of the molecule is O=S(=O)(c1ccccc1)N1CCC[C@@H]1c1cccc(F)c1. The molecule has 2 aromatic carbocycles. The number of sulfonamides is 1. The molecule has 0 bridgehead atoms. The summed E-state index contributed by atoms with van der Waals surface area (Å²) in [5, 5.41) is 0. The van der Waals surface area contributed by atoms with Crippen molar-refractivity contribution in [2.75, 3.05) is 6.54 Å². The number of hydrogen-bond donors (Lipinski definition) is 0. The zero-order valence-electron chi connectivity index (χ0n) is 11.4. The largest absolute Gasteiger partial charge is 0.243 e. The predicted molar refractivity (Wildman–Crippen MR) is 78.7 cm³/mol. The Hall–Kier alpha value is -1.72. The fourth-order valence-corrected chi connectivity index (χ4v) is 4.51. The van der Waals surface area contributed by atoms with Crippen molar-refractivity contribution >= 4 is 10.0 Å². The Morgan fingerprint density at radius 1 is 1.05 bits per heavy atom. The second-order valence-corrected chi connectivity index (χ2v) is 7.03. The third-order valence-electron chi connectivity index (χ3n) is 3.79. The average molecular weight is 305 g/mol. The van der Waals surface area contributed by atoms with Gasteiger partial charge in [-0.05, 0) is 42.7 Å². The Bertz CT molecular complexity index is 731. The van der Waals surface area contributed by atoms with Gasteiger partial charge in [-0.1, -0.05) is 30.3 Å². The van der Waals surface area contributed by atoms with E-state index in [-0.39, 0.29) is 16.8 Å². The summed E-state index contributed by atoms with van der Waals surface area (Å²) in [5.41, 5.74) is 0.715. The minimum absolute atomic E-state index is 0.285. The van der Waals surface area contributed by atoms with Gasteiger partial charge in [-0.15, -0.1) is 0 Å². The van der Waals surface area contributed by atoms with Gasteiger partial charge in [-0.25, -0.2) is 12.8 Å². The fourth-order valence-electron chi connectivity index (χ4n) is 2.80. The third-order valence-corrected chi connectivity index (χ3v) is 5.71. The summed E-state index contributed by atoms with van der Waals surface area (Å²) in [5.74, 6) is -0.337. The molecule has 0 saturated carbocycles. The molecular formula is C16H16FNO2S. The zero-order chi connectivity index (χ0) is 14.9. The van der Waals surface area contributed by atoms with Gasteiger partial charge in [0.1, 0.15) is 5.82 Å². The molecule has 110 valence electrons. The number of rotatable bonds is 3. The molecule has 0 radical (unpaired) electrons. The summed E-state index contributed by atoms with van der Waals surface area (Å²) in [6.45, 7) is 0.471. The number of hydrogen-bond acceptors (Lipinski definition) is 2. The van der Waals surface area contributed by atoms with E-state index in [2.05, 4.69) is 0 Å². The highest BCUT2D eigenvalue weighted by Crippen LogP contribution is 2.36. The summed E-state index contributed by atoms with van der Waals surface area (Å²) >= 11 is 0. The quantitative estimate of drug-likeness (QED) is 0.872. The van der Waals surface area contributed by atoms with Gasteiger partial charge in [-0.2, -0.15) is 4.31 Å². The fraction of sp³-hybridized carbons (Fsp3) is 0.250. The van der Waals surface area contributed by atoms with Crippen LogP contribution in [0.2, 0.25) is 0 Å². The molecule has 1 aliphatic heterocycles. The van der Waals surface area contributed by atoms with E-state index in [1.807, 2.05) is 0 Å². The maximum absolute atomic E-state index is 13.4. The molecular weight excluding hydrogens is 289 g/mol. The van der Waals surface area contributed by atoms with E-state index in [0.717, 1.165) is 12.8 Å². The summed E-state index contributed by atoms with van der Waals surface area (Å²) in [7, 11) is -3.54. The first-order valence-electron chi connectivity index (χ1n) is 6.91. The van der Waals surface area contributed by atoms with Crippen molar-refractivity contribution in [2.45, 2.75) is 23.8 Å². The summed E-state index contributed by atoms with van der Waals surface area (Å²) in [6, 6.07) is 14.3. The van der Waals surface area contributed by atoms with E-state index in [1.54, 1.807) is 42.5 Å². The Morgan fingerprint density at radius 3 is 2.52 bits per heavy atom. The average Bonchev–Trinajstić information content (AvgIpc) is 2.98. The molecule has 1 fully saturated rings. The lowest BCUT2D eigenvalue weighted by Crippen LogP contribution is -2.30. The van der Waals surface area contributed by atoms with Gasteiger partial charge >= 0.3 is 0 Å². The van der Waals surface area contributed by atoms with Crippen LogP contribution in [0.1, 0.15) is 24.4 Å². The molecule has 1 heterocycles. The summed E-state index contributed by atoms with van der Waals surface area (Å²) < 4.78 is 40.4. The van der Waals surface area contributed by atoms with Gasteiger partial charge in [0.2, 0.25) is 10.0 Å². The van der Waals surface area contributed by atoms with E-state index < -0.39 is 10.0 Å². The van der Waals surface area contributed by atoms with Crippen LogP contribution in [-0.4, -0.2) is 19.3 Å². The molecule has 1 aliphatic rings. The lowest BCUT2D eigenvalue weighted by atomic mass is 10.1. The van der Waals surface area contributed by atoms with Crippen LogP contribution < -0.4 is 0 Å². The Morgan fingerprint density at radius 2 is 1.81 bits per heavy atom. The number of benzene rings is 2. The summed E-state index contributed by atoms with van der Waals surface area (Å²) in [4.78, 5) is 0.285. The number of nitrogens with zero attached hydrogens (tertiary/aromatic N) is 1. The molecule has 0 amide bonds. The molecule has 1 atom stereocenters. The normalized spacial score (nSPS) is 19.8. The van der Waals surface area contributed by atoms with Crippen LogP contribution in [0.4, 0.5) is 4.39 Å². The lowest BCUT2D eigenvalue weighted by molar-refractivity contribution is 0.395. The minimum Gasteiger partial charge on any atom is -0.207 e. The topological polar surface area (TPSA) is 37.4 Å². The third kappa shape index (κ3) is 2.71. The van der Waals surface area contributed by atoms with Gasteiger partial charge in [0.15, 0.2) is 0 Å². The molecule has 21 heavy (non-hydrogen) atoms. The molecule has 5 heteroatoms. The first-order valence-corrected chi connectivity index (χ1v) is 8.35. The van der Waals surface area contributed by atoms with Gasteiger partial charge in [0.05, 0.1) is 10.9 Å². The monoisotopic (exact) mass is 305 g/mol. The van der Waals surface area contributed by atoms with Crippen LogP contribution in [0, 0.1) is 5.82 Å². The summed E-state index contributed by atoms with van der Waals surface area (Å²) in [6.07, 6.45) is 1.50. The van der Waals surface area contributed by atoms with Crippen molar-refractivity contribution in [2.24, 2.45) is 0 Å². The van der Waals surface area contributed by atoms with Crippen LogP contribution in [-0.2, 0) is 10.0 Å². The second kappa shape index (κ2) is 5.58. The van der Waals surface area contributed by atoms with Crippen molar-refractivity contribution in [1.82, 2.24) is 4.31 Å². The Labute approximate surface area is 124 Å². The maximum Gasteiger partial charge on any atom is 0.243 e. The van der Waals surface area contributed by atoms with Crippen molar-refractivity contribution in [3.05, 3.63) is 66.0 Å². The molecule has 0 aliphatic carbocycles. The van der Waals surface area contributed by atoms with Crippen LogP contribution in [0.3, 0.4) is 0 Å². The van der Waals surface area contributed by atoms with E-state index in [4.69, 9.17) is 0 Å². The first kappa shape index (κ1) is 14.2. The molecule has 1 saturated heterocycles. The molecule has 0 aromatic heterocycles. The van der Waals surface area contributed by atoms with Gasteiger partial charge in [0.25, 0.3) is 0 Å². The smallest absolute Gasteiger partial charge is 0.207 e. The van der Waals surface area contributed by atoms with Gasteiger partial charge in [0, 0.05) is 6.54 Å². The van der Waals surface area contributed by atoms with Crippen LogP contribution in [0.5, 0.6) is 0 Å². The van der Waals surface area contributed by atoms with Crippen LogP contribution in [0.25, 0.3) is 0 Å². The lowest BCUT2D eigenvalue weighted by Gasteiger charge is -2.24. The van der Waals surface area contributed by atoms with Crippen molar-refractivity contribution in [3.63, 3.8) is 0 Å². The van der Waals surface area contributed by atoms with Crippen molar-refractivity contribution in [3.8, 4) is 0 Å². The molecule has 0 unspecified atom stereocenters. The Kier molecular flexibility index (Phi) is 3.78. The molecule has 0 spiro atoms. The first-order chi connectivity index (χ1) is 10.1. The molecule has 2 aromatic rings. The molecule has 3 rings (SSSR count). The highest BCUT2D eigenvalue weighted by Gasteiger charge is 2.36. The van der Waals surface area contributed by atoms with Gasteiger partial charge in [-0.3, -0.25) is 0 Å². The van der Waals surface area contributed by atoms with Crippen molar-refractivity contribution in [1.29, 1.82) is 0 Å². The number of halogens is 1. The van der Waals surface area contributed by atoms with Crippen LogP contribution >= 0.6 is 0 Å². The second-order valence-electron chi connectivity index (χ2n) is 5.14. The Balaban J connectivity index is 1.98.